The number of amides is 1. The van der Waals surface area contributed by atoms with E-state index in [1.165, 1.54) is 17.1 Å². The summed E-state index contributed by atoms with van der Waals surface area (Å²) < 4.78 is 28.2. The van der Waals surface area contributed by atoms with Gasteiger partial charge in [0, 0.05) is 45.2 Å². The van der Waals surface area contributed by atoms with Gasteiger partial charge in [-0.25, -0.2) is 0 Å². The Balaban J connectivity index is 1.75. The van der Waals surface area contributed by atoms with E-state index in [0.29, 0.717) is 32.6 Å². The number of hydrogen-bond donors (Lipinski definition) is 1. The first-order valence-electron chi connectivity index (χ1n) is 8.16. The lowest BCUT2D eigenvalue weighted by atomic mass is 10.3. The summed E-state index contributed by atoms with van der Waals surface area (Å²) in [6.07, 6.45) is 3.00. The summed E-state index contributed by atoms with van der Waals surface area (Å²) in [5.41, 5.74) is 0. The van der Waals surface area contributed by atoms with Crippen LogP contribution < -0.4 is 4.72 Å². The fourth-order valence-corrected chi connectivity index (χ4v) is 4.36. The normalized spacial score (nSPS) is 21.7. The number of rotatable bonds is 6. The highest BCUT2D eigenvalue weighted by Gasteiger charge is 2.29. The van der Waals surface area contributed by atoms with Crippen molar-refractivity contribution in [1.82, 2.24) is 18.8 Å². The number of hydrogen-bond acceptors (Lipinski definition) is 4. The molecule has 1 N–H and O–H groups in total. The average molecular weight is 332 g/mol. The van der Waals surface area contributed by atoms with Gasteiger partial charge in [0.05, 0.1) is 0 Å². The highest BCUT2D eigenvalue weighted by Crippen LogP contribution is 2.11. The fraction of sp³-hybridized carbons (Fsp3) is 0.929. The first-order valence-corrected chi connectivity index (χ1v) is 9.60. The van der Waals surface area contributed by atoms with Crippen LogP contribution in [0, 0.1) is 0 Å². The zero-order valence-corrected chi connectivity index (χ0v) is 14.4. The maximum atomic E-state index is 12.2. The van der Waals surface area contributed by atoms with Gasteiger partial charge in [-0.1, -0.05) is 0 Å². The van der Waals surface area contributed by atoms with E-state index in [9.17, 15) is 13.2 Å². The summed E-state index contributed by atoms with van der Waals surface area (Å²) in [6.45, 7) is 8.34. The Hall–Kier alpha value is -0.700. The average Bonchev–Trinajstić information content (AvgIpc) is 2.97. The molecule has 0 aromatic heterocycles. The molecule has 0 spiro atoms. The van der Waals surface area contributed by atoms with Crippen molar-refractivity contribution in [3.05, 3.63) is 0 Å². The van der Waals surface area contributed by atoms with E-state index >= 15 is 0 Å². The maximum Gasteiger partial charge on any atom is 0.279 e. The molecule has 2 aliphatic heterocycles. The van der Waals surface area contributed by atoms with Gasteiger partial charge >= 0.3 is 0 Å². The van der Waals surface area contributed by atoms with Crippen LogP contribution in [0.3, 0.4) is 0 Å². The minimum absolute atomic E-state index is 0.120. The molecule has 1 amide bonds. The molecule has 0 unspecified atom stereocenters. The number of carbonyl (C=O) groups is 1. The summed E-state index contributed by atoms with van der Waals surface area (Å²) in [4.78, 5) is 16.3. The van der Waals surface area contributed by atoms with Crippen molar-refractivity contribution >= 4 is 16.1 Å². The highest BCUT2D eigenvalue weighted by atomic mass is 32.2. The molecule has 2 saturated heterocycles. The van der Waals surface area contributed by atoms with Gasteiger partial charge in [0.15, 0.2) is 0 Å². The Labute approximate surface area is 133 Å². The Morgan fingerprint density at radius 2 is 1.64 bits per heavy atom. The van der Waals surface area contributed by atoms with Crippen molar-refractivity contribution in [2.24, 2.45) is 0 Å². The van der Waals surface area contributed by atoms with Gasteiger partial charge in [0.25, 0.3) is 10.2 Å². The molecule has 0 radical (unpaired) electrons. The predicted molar refractivity (Wildman–Crippen MR) is 85.6 cm³/mol. The summed E-state index contributed by atoms with van der Waals surface area (Å²) in [5.74, 6) is 0.140. The van der Waals surface area contributed by atoms with Crippen LogP contribution in [0.15, 0.2) is 0 Å². The van der Waals surface area contributed by atoms with Crippen molar-refractivity contribution in [1.29, 1.82) is 0 Å². The highest BCUT2D eigenvalue weighted by molar-refractivity contribution is 7.87. The molecular weight excluding hydrogens is 304 g/mol. The molecular formula is C14H28N4O3S. The van der Waals surface area contributed by atoms with E-state index in [-0.39, 0.29) is 11.9 Å². The predicted octanol–water partition coefficient (Wildman–Crippen LogP) is -0.141. The van der Waals surface area contributed by atoms with Crippen molar-refractivity contribution in [3.8, 4) is 0 Å². The Morgan fingerprint density at radius 1 is 1.05 bits per heavy atom. The van der Waals surface area contributed by atoms with E-state index < -0.39 is 10.2 Å². The van der Waals surface area contributed by atoms with Gasteiger partial charge in [0.2, 0.25) is 5.91 Å². The van der Waals surface area contributed by atoms with E-state index in [1.54, 1.807) is 18.7 Å². The molecule has 2 rings (SSSR count). The lowest BCUT2D eigenvalue weighted by Crippen LogP contribution is -2.54. The van der Waals surface area contributed by atoms with Gasteiger partial charge in [-0.05, 0) is 39.8 Å². The summed E-state index contributed by atoms with van der Waals surface area (Å²) >= 11 is 0. The number of nitrogens with one attached hydrogen (secondary N) is 1. The van der Waals surface area contributed by atoms with E-state index in [4.69, 9.17) is 0 Å². The van der Waals surface area contributed by atoms with Gasteiger partial charge in [-0.2, -0.15) is 17.4 Å². The van der Waals surface area contributed by atoms with Crippen molar-refractivity contribution < 1.29 is 13.2 Å². The topological polar surface area (TPSA) is 73.0 Å². The van der Waals surface area contributed by atoms with E-state index in [1.807, 2.05) is 0 Å². The zero-order valence-electron chi connectivity index (χ0n) is 13.6. The first-order chi connectivity index (χ1) is 10.4. The largest absolute Gasteiger partial charge is 0.340 e. The molecule has 0 atom stereocenters. The zero-order chi connectivity index (χ0) is 16.2. The van der Waals surface area contributed by atoms with Crippen LogP contribution in [0.5, 0.6) is 0 Å². The van der Waals surface area contributed by atoms with Crippen LogP contribution in [0.1, 0.15) is 33.1 Å². The Bertz CT molecular complexity index is 466. The SMILES string of the molecule is CC(C)NS(=O)(=O)N1CCN(C(=O)CCN2CCCC2)CC1. The Kier molecular flexibility index (Phi) is 6.19. The van der Waals surface area contributed by atoms with Crippen LogP contribution in [0.4, 0.5) is 0 Å². The van der Waals surface area contributed by atoms with Crippen molar-refractivity contribution in [2.45, 2.75) is 39.2 Å². The number of likely N-dealkylation sites (tertiary alicyclic amines) is 1. The summed E-state index contributed by atoms with van der Waals surface area (Å²) in [7, 11) is -3.42. The van der Waals surface area contributed by atoms with E-state index in [0.717, 1.165) is 19.6 Å². The lowest BCUT2D eigenvalue weighted by molar-refractivity contribution is -0.132. The molecule has 0 bridgehead atoms. The molecule has 22 heavy (non-hydrogen) atoms. The van der Waals surface area contributed by atoms with Crippen LogP contribution >= 0.6 is 0 Å². The van der Waals surface area contributed by atoms with Gasteiger partial charge < -0.3 is 9.80 Å². The summed E-state index contributed by atoms with van der Waals surface area (Å²) in [5, 5.41) is 0. The van der Waals surface area contributed by atoms with Gasteiger partial charge in [-0.15, -0.1) is 0 Å². The fourth-order valence-electron chi connectivity index (χ4n) is 2.97. The molecule has 8 heteroatoms. The van der Waals surface area contributed by atoms with Crippen molar-refractivity contribution in [3.63, 3.8) is 0 Å². The second kappa shape index (κ2) is 7.72. The maximum absolute atomic E-state index is 12.2. The smallest absolute Gasteiger partial charge is 0.279 e. The lowest BCUT2D eigenvalue weighted by Gasteiger charge is -2.34. The van der Waals surface area contributed by atoms with Crippen LogP contribution in [-0.2, 0) is 15.0 Å². The standard InChI is InChI=1S/C14H28N4O3S/c1-13(2)15-22(20,21)18-11-9-17(10-12-18)14(19)5-8-16-6-3-4-7-16/h13,15H,3-12H2,1-2H3. The third-order valence-corrected chi connectivity index (χ3v) is 5.97. The third-order valence-electron chi connectivity index (χ3n) is 4.16. The molecule has 2 heterocycles. The quantitative estimate of drug-likeness (QED) is 0.735. The molecule has 0 aromatic carbocycles. The van der Waals surface area contributed by atoms with Crippen molar-refractivity contribution in [2.75, 3.05) is 45.8 Å². The number of piperazine rings is 1. The second-order valence-corrected chi connectivity index (χ2v) is 8.06. The molecule has 7 nitrogen and oxygen atoms in total. The molecule has 128 valence electrons. The molecule has 2 aliphatic rings. The molecule has 0 saturated carbocycles. The summed E-state index contributed by atoms with van der Waals surface area (Å²) in [6, 6.07) is -0.120. The van der Waals surface area contributed by atoms with E-state index in [2.05, 4.69) is 9.62 Å². The molecule has 0 aromatic rings. The Morgan fingerprint density at radius 3 is 2.18 bits per heavy atom. The number of nitrogens with zero attached hydrogens (tertiary/aromatic N) is 3. The number of carbonyl (C=O) groups excluding carboxylic acids is 1. The minimum Gasteiger partial charge on any atom is -0.340 e. The van der Waals surface area contributed by atoms with Gasteiger partial charge in [-0.3, -0.25) is 4.79 Å². The van der Waals surface area contributed by atoms with Gasteiger partial charge in [0.1, 0.15) is 0 Å². The molecule has 2 fully saturated rings. The van der Waals surface area contributed by atoms with Crippen LogP contribution in [-0.4, -0.2) is 80.3 Å². The third kappa shape index (κ3) is 4.91. The minimum atomic E-state index is -3.42. The first kappa shape index (κ1) is 17.7. The van der Waals surface area contributed by atoms with Crippen LogP contribution in [0.25, 0.3) is 0 Å². The van der Waals surface area contributed by atoms with Crippen LogP contribution in [0.2, 0.25) is 0 Å². The monoisotopic (exact) mass is 332 g/mol. The molecule has 0 aliphatic carbocycles. The second-order valence-electron chi connectivity index (χ2n) is 6.36.